The molecule has 0 aliphatic carbocycles. The zero-order valence-electron chi connectivity index (χ0n) is 18.2. The van der Waals surface area contributed by atoms with Crippen molar-refractivity contribution in [1.29, 1.82) is 0 Å². The molecule has 2 aromatic heterocycles. The highest BCUT2D eigenvalue weighted by atomic mass is 19.4. The second-order valence-electron chi connectivity index (χ2n) is 8.03. The molecule has 170 valence electrons. The maximum Gasteiger partial charge on any atom is 0.416 e. The third-order valence-corrected chi connectivity index (χ3v) is 5.82. The lowest BCUT2D eigenvalue weighted by Crippen LogP contribution is -2.18. The van der Waals surface area contributed by atoms with Crippen LogP contribution in [0.3, 0.4) is 0 Å². The molecule has 5 aromatic rings. The van der Waals surface area contributed by atoms with Gasteiger partial charge >= 0.3 is 6.18 Å². The van der Waals surface area contributed by atoms with E-state index >= 15 is 0 Å². The molecular formula is C26H18F3N3O2. The minimum atomic E-state index is -4.43. The Morgan fingerprint density at radius 2 is 1.59 bits per heavy atom. The molecule has 0 unspecified atom stereocenters. The summed E-state index contributed by atoms with van der Waals surface area (Å²) in [6.45, 7) is 3.97. The van der Waals surface area contributed by atoms with Gasteiger partial charge in [-0.2, -0.15) is 18.2 Å². The first-order chi connectivity index (χ1) is 16.2. The van der Waals surface area contributed by atoms with Gasteiger partial charge in [0.15, 0.2) is 0 Å². The van der Waals surface area contributed by atoms with Crippen molar-refractivity contribution in [1.82, 2.24) is 14.7 Å². The number of rotatable bonds is 3. The van der Waals surface area contributed by atoms with Crippen molar-refractivity contribution < 1.29 is 17.7 Å². The van der Waals surface area contributed by atoms with E-state index in [2.05, 4.69) is 10.1 Å². The van der Waals surface area contributed by atoms with Crippen molar-refractivity contribution in [2.24, 2.45) is 0 Å². The maximum absolute atomic E-state index is 13.3. The molecule has 0 atom stereocenters. The minimum absolute atomic E-state index is 0.150. The van der Waals surface area contributed by atoms with Gasteiger partial charge in [-0.1, -0.05) is 41.6 Å². The van der Waals surface area contributed by atoms with E-state index in [1.54, 1.807) is 30.5 Å². The lowest BCUT2D eigenvalue weighted by atomic mass is 10.1. The van der Waals surface area contributed by atoms with E-state index in [1.807, 2.05) is 32.0 Å². The van der Waals surface area contributed by atoms with Crippen LogP contribution in [0.15, 0.2) is 82.2 Å². The highest BCUT2D eigenvalue weighted by molar-refractivity contribution is 5.94. The molecule has 8 heteroatoms. The number of pyridine rings is 1. The molecule has 3 aromatic carbocycles. The summed E-state index contributed by atoms with van der Waals surface area (Å²) >= 11 is 0. The fourth-order valence-corrected chi connectivity index (χ4v) is 3.79. The summed E-state index contributed by atoms with van der Waals surface area (Å²) in [4.78, 5) is 17.7. The largest absolute Gasteiger partial charge is 0.416 e. The van der Waals surface area contributed by atoms with Gasteiger partial charge in [0.1, 0.15) is 0 Å². The Hall–Kier alpha value is -4.20. The molecule has 0 saturated carbocycles. The molecule has 5 rings (SSSR count). The van der Waals surface area contributed by atoms with Gasteiger partial charge in [0.05, 0.1) is 11.1 Å². The second-order valence-corrected chi connectivity index (χ2v) is 8.03. The number of benzene rings is 3. The quantitative estimate of drug-likeness (QED) is 0.314. The van der Waals surface area contributed by atoms with E-state index in [9.17, 15) is 18.0 Å². The smallest absolute Gasteiger partial charge is 0.334 e. The number of hydrogen-bond donors (Lipinski definition) is 0. The molecule has 34 heavy (non-hydrogen) atoms. The van der Waals surface area contributed by atoms with E-state index in [0.29, 0.717) is 27.6 Å². The van der Waals surface area contributed by atoms with Crippen LogP contribution in [0.2, 0.25) is 0 Å². The molecule has 5 nitrogen and oxygen atoms in total. The molecular weight excluding hydrogens is 443 g/mol. The van der Waals surface area contributed by atoms with Gasteiger partial charge in [-0.25, -0.2) is 0 Å². The van der Waals surface area contributed by atoms with Crippen LogP contribution in [0.1, 0.15) is 16.7 Å². The van der Waals surface area contributed by atoms with Crippen molar-refractivity contribution in [3.63, 3.8) is 0 Å². The van der Waals surface area contributed by atoms with Gasteiger partial charge in [-0.15, -0.1) is 0 Å². The third kappa shape index (κ3) is 3.77. The Balaban J connectivity index is 1.65. The Morgan fingerprint density at radius 3 is 2.26 bits per heavy atom. The Morgan fingerprint density at radius 1 is 0.882 bits per heavy atom. The molecule has 0 spiro atoms. The van der Waals surface area contributed by atoms with Crippen LogP contribution < -0.4 is 5.56 Å². The molecule has 0 N–H and O–H groups in total. The van der Waals surface area contributed by atoms with Gasteiger partial charge in [-0.05, 0) is 55.3 Å². The van der Waals surface area contributed by atoms with E-state index in [1.165, 1.54) is 16.7 Å². The predicted molar refractivity (Wildman–Crippen MR) is 123 cm³/mol. The van der Waals surface area contributed by atoms with Crippen LogP contribution in [0.5, 0.6) is 0 Å². The molecule has 0 aliphatic rings. The van der Waals surface area contributed by atoms with E-state index in [4.69, 9.17) is 4.52 Å². The van der Waals surface area contributed by atoms with Crippen molar-refractivity contribution in [2.45, 2.75) is 20.0 Å². The summed E-state index contributed by atoms with van der Waals surface area (Å²) in [7, 11) is 0. The van der Waals surface area contributed by atoms with Gasteiger partial charge in [0, 0.05) is 28.2 Å². The first-order valence-corrected chi connectivity index (χ1v) is 10.5. The number of aryl methyl sites for hydroxylation is 2. The molecule has 0 saturated heterocycles. The monoisotopic (exact) mass is 461 g/mol. The SMILES string of the molecule is Cc1ccc(-n2cc(-c3nc(-c4ccc(C(F)(F)F)cc4)no3)c3ccccc3c2=O)cc1C. The maximum atomic E-state index is 13.3. The van der Waals surface area contributed by atoms with Crippen LogP contribution in [-0.2, 0) is 6.18 Å². The number of aromatic nitrogens is 3. The molecule has 0 bridgehead atoms. The minimum Gasteiger partial charge on any atom is -0.334 e. The van der Waals surface area contributed by atoms with Gasteiger partial charge < -0.3 is 4.52 Å². The highest BCUT2D eigenvalue weighted by Gasteiger charge is 2.30. The molecule has 0 aliphatic heterocycles. The summed E-state index contributed by atoms with van der Waals surface area (Å²) in [6.07, 6.45) is -2.78. The second kappa shape index (κ2) is 7.98. The molecule has 0 fully saturated rings. The Labute approximate surface area is 192 Å². The summed E-state index contributed by atoms with van der Waals surface area (Å²) < 4.78 is 45.6. The van der Waals surface area contributed by atoms with E-state index in [0.717, 1.165) is 23.3 Å². The summed E-state index contributed by atoms with van der Waals surface area (Å²) in [6, 6.07) is 17.4. The molecule has 0 radical (unpaired) electrons. The Bertz CT molecular complexity index is 1580. The summed E-state index contributed by atoms with van der Waals surface area (Å²) in [5, 5.41) is 5.07. The third-order valence-electron chi connectivity index (χ3n) is 5.82. The number of nitrogens with zero attached hydrogens (tertiary/aromatic N) is 3. The van der Waals surface area contributed by atoms with E-state index < -0.39 is 11.7 Å². The average Bonchev–Trinajstić information content (AvgIpc) is 3.31. The van der Waals surface area contributed by atoms with Crippen LogP contribution in [0.25, 0.3) is 39.3 Å². The number of hydrogen-bond acceptors (Lipinski definition) is 4. The molecule has 2 heterocycles. The van der Waals surface area contributed by atoms with Crippen molar-refractivity contribution >= 4 is 10.8 Å². The van der Waals surface area contributed by atoms with Crippen LogP contribution in [-0.4, -0.2) is 14.7 Å². The van der Waals surface area contributed by atoms with Gasteiger partial charge in [-0.3, -0.25) is 9.36 Å². The standard InChI is InChI=1S/C26H18F3N3O2/c1-15-7-12-19(13-16(15)2)32-14-22(20-5-3-4-6-21(20)25(32)33)24-30-23(31-34-24)17-8-10-18(11-9-17)26(27,28)29/h3-14H,1-2H3. The summed E-state index contributed by atoms with van der Waals surface area (Å²) in [5.74, 6) is 0.306. The molecule has 0 amide bonds. The fourth-order valence-electron chi connectivity index (χ4n) is 3.79. The first kappa shape index (κ1) is 21.6. The fraction of sp³-hybridized carbons (Fsp3) is 0.115. The van der Waals surface area contributed by atoms with Crippen LogP contribution in [0.4, 0.5) is 13.2 Å². The number of fused-ring (bicyclic) bond motifs is 1. The number of halogens is 3. The van der Waals surface area contributed by atoms with Crippen molar-refractivity contribution in [2.75, 3.05) is 0 Å². The van der Waals surface area contributed by atoms with Gasteiger partial charge in [0.25, 0.3) is 11.4 Å². The normalized spacial score (nSPS) is 11.8. The zero-order chi connectivity index (χ0) is 24.0. The van der Waals surface area contributed by atoms with Crippen LogP contribution in [0, 0.1) is 13.8 Å². The zero-order valence-corrected chi connectivity index (χ0v) is 18.2. The van der Waals surface area contributed by atoms with E-state index in [-0.39, 0.29) is 17.3 Å². The first-order valence-electron chi connectivity index (χ1n) is 10.5. The van der Waals surface area contributed by atoms with Crippen LogP contribution >= 0.6 is 0 Å². The van der Waals surface area contributed by atoms with Gasteiger partial charge in [0.2, 0.25) is 5.82 Å². The topological polar surface area (TPSA) is 60.9 Å². The lowest BCUT2D eigenvalue weighted by molar-refractivity contribution is -0.137. The van der Waals surface area contributed by atoms with Crippen molar-refractivity contribution in [3.05, 3.63) is 100.0 Å². The average molecular weight is 461 g/mol. The summed E-state index contributed by atoms with van der Waals surface area (Å²) in [5.41, 5.74) is 2.82. The Kier molecular flexibility index (Phi) is 5.08. The lowest BCUT2D eigenvalue weighted by Gasteiger charge is -2.12. The highest BCUT2D eigenvalue weighted by Crippen LogP contribution is 2.32. The predicted octanol–water partition coefficient (Wildman–Crippen LogP) is 6.34. The van der Waals surface area contributed by atoms with Crippen molar-refractivity contribution in [3.8, 4) is 28.5 Å². The number of alkyl halides is 3.